The Morgan fingerprint density at radius 2 is 1.39 bits per heavy atom. The normalized spacial score (nSPS) is 18.4. The molecule has 1 N–H and O–H groups in total. The van der Waals surface area contributed by atoms with Crippen LogP contribution in [-0.4, -0.2) is 55.0 Å². The van der Waals surface area contributed by atoms with Crippen molar-refractivity contribution in [3.05, 3.63) is 101 Å². The SMILES string of the molecule is O=C(NCc1cc(C(F)(F)F)cc(C(F)(F)F)c1)C1c2ccccc2CN1CCN1CCN(c2ccccc2)CC1. The van der Waals surface area contributed by atoms with E-state index >= 15 is 0 Å². The van der Waals surface area contributed by atoms with Crippen LogP contribution in [0.1, 0.15) is 33.9 Å². The molecule has 1 unspecified atom stereocenters. The quantitative estimate of drug-likeness (QED) is 0.366. The maximum Gasteiger partial charge on any atom is 0.416 e. The predicted octanol–water partition coefficient (Wildman–Crippen LogP) is 5.72. The van der Waals surface area contributed by atoms with Crippen molar-refractivity contribution in [3.63, 3.8) is 0 Å². The molecule has 3 aromatic rings. The maximum absolute atomic E-state index is 13.4. The van der Waals surface area contributed by atoms with Gasteiger partial charge in [0.1, 0.15) is 6.04 Å². The fourth-order valence-corrected chi connectivity index (χ4v) is 5.51. The standard InChI is InChI=1S/C30H30F6N4O/c31-29(32,33)23-16-21(17-24(18-23)30(34,35)36)19-37-28(41)27-26-9-5-4-6-22(26)20-40(27)15-12-38-10-13-39(14-11-38)25-7-2-1-3-8-25/h1-9,16-18,27H,10-15,19-20H2,(H,37,41). The first-order chi connectivity index (χ1) is 19.5. The third-order valence-corrected chi connectivity index (χ3v) is 7.65. The molecule has 0 radical (unpaired) electrons. The lowest BCUT2D eigenvalue weighted by Gasteiger charge is -2.37. The van der Waals surface area contributed by atoms with Gasteiger partial charge in [0.05, 0.1) is 11.1 Å². The zero-order valence-electron chi connectivity index (χ0n) is 22.2. The van der Waals surface area contributed by atoms with Crippen LogP contribution in [0.3, 0.4) is 0 Å². The number of hydrogen-bond donors (Lipinski definition) is 1. The minimum atomic E-state index is -4.95. The molecule has 11 heteroatoms. The largest absolute Gasteiger partial charge is 0.416 e. The van der Waals surface area contributed by atoms with Crippen molar-refractivity contribution in [2.75, 3.05) is 44.2 Å². The number of amides is 1. The summed E-state index contributed by atoms with van der Waals surface area (Å²) in [7, 11) is 0. The predicted molar refractivity (Wildman–Crippen MR) is 143 cm³/mol. The van der Waals surface area contributed by atoms with Crippen molar-refractivity contribution < 1.29 is 31.1 Å². The van der Waals surface area contributed by atoms with E-state index in [1.54, 1.807) is 0 Å². The lowest BCUT2D eigenvalue weighted by atomic mass is 10.0. The number of fused-ring (bicyclic) bond motifs is 1. The summed E-state index contributed by atoms with van der Waals surface area (Å²) in [6.45, 7) is 4.87. The van der Waals surface area contributed by atoms with Crippen LogP contribution in [-0.2, 0) is 30.2 Å². The molecule has 0 saturated carbocycles. The number of piperazine rings is 1. The summed E-state index contributed by atoms with van der Waals surface area (Å²) in [5.41, 5.74) is -0.135. The molecule has 0 bridgehead atoms. The fraction of sp³-hybridized carbons (Fsp3) is 0.367. The van der Waals surface area contributed by atoms with Crippen molar-refractivity contribution >= 4 is 11.6 Å². The van der Waals surface area contributed by atoms with Crippen LogP contribution in [0.15, 0.2) is 72.8 Å². The summed E-state index contributed by atoms with van der Waals surface area (Å²) in [6, 6.07) is 18.3. The van der Waals surface area contributed by atoms with Crippen LogP contribution >= 0.6 is 0 Å². The average molecular weight is 577 g/mol. The Hall–Kier alpha value is -3.57. The molecular weight excluding hydrogens is 546 g/mol. The molecule has 0 aliphatic carbocycles. The maximum atomic E-state index is 13.4. The van der Waals surface area contributed by atoms with Gasteiger partial charge in [0.25, 0.3) is 0 Å². The molecule has 218 valence electrons. The van der Waals surface area contributed by atoms with Gasteiger partial charge in [-0.2, -0.15) is 26.3 Å². The van der Waals surface area contributed by atoms with Gasteiger partial charge in [-0.25, -0.2) is 0 Å². The van der Waals surface area contributed by atoms with Crippen molar-refractivity contribution in [2.45, 2.75) is 31.5 Å². The summed E-state index contributed by atoms with van der Waals surface area (Å²) in [5, 5.41) is 2.60. The molecule has 1 amide bonds. The van der Waals surface area contributed by atoms with Crippen LogP contribution in [0.4, 0.5) is 32.0 Å². The average Bonchev–Trinajstić information content (AvgIpc) is 3.33. The molecule has 2 aliphatic heterocycles. The number of nitrogens with zero attached hydrogens (tertiary/aromatic N) is 3. The van der Waals surface area contributed by atoms with E-state index in [1.165, 1.54) is 5.69 Å². The first-order valence-corrected chi connectivity index (χ1v) is 13.4. The molecule has 5 rings (SSSR count). The zero-order valence-corrected chi connectivity index (χ0v) is 22.2. The van der Waals surface area contributed by atoms with E-state index in [1.807, 2.05) is 47.4 Å². The van der Waals surface area contributed by atoms with E-state index in [9.17, 15) is 31.1 Å². The van der Waals surface area contributed by atoms with Gasteiger partial charge in [-0.1, -0.05) is 42.5 Å². The van der Waals surface area contributed by atoms with Gasteiger partial charge in [-0.3, -0.25) is 14.6 Å². The third kappa shape index (κ3) is 6.84. The second-order valence-corrected chi connectivity index (χ2v) is 10.4. The smallest absolute Gasteiger partial charge is 0.369 e. The first kappa shape index (κ1) is 28.9. The van der Waals surface area contributed by atoms with Crippen LogP contribution in [0, 0.1) is 0 Å². The zero-order chi connectivity index (χ0) is 29.2. The Kier molecular flexibility index (Phi) is 8.28. The number of halogens is 6. The van der Waals surface area contributed by atoms with Gasteiger partial charge >= 0.3 is 12.4 Å². The minimum Gasteiger partial charge on any atom is -0.369 e. The molecule has 0 aromatic heterocycles. The number of carbonyl (C=O) groups excluding carboxylic acids is 1. The number of hydrogen-bond acceptors (Lipinski definition) is 4. The minimum absolute atomic E-state index is 0.0833. The molecule has 5 nitrogen and oxygen atoms in total. The lowest BCUT2D eigenvalue weighted by Crippen LogP contribution is -2.49. The van der Waals surface area contributed by atoms with E-state index in [4.69, 9.17) is 0 Å². The Labute approximate surface area is 234 Å². The molecule has 3 aromatic carbocycles. The van der Waals surface area contributed by atoms with Crippen molar-refractivity contribution in [1.82, 2.24) is 15.1 Å². The molecule has 2 heterocycles. The van der Waals surface area contributed by atoms with E-state index in [0.29, 0.717) is 25.2 Å². The topological polar surface area (TPSA) is 38.8 Å². The number of alkyl halides is 6. The highest BCUT2D eigenvalue weighted by Gasteiger charge is 2.38. The van der Waals surface area contributed by atoms with Crippen LogP contribution in [0.25, 0.3) is 0 Å². The third-order valence-electron chi connectivity index (χ3n) is 7.65. The second-order valence-electron chi connectivity index (χ2n) is 10.4. The van der Waals surface area contributed by atoms with Crippen LogP contribution < -0.4 is 10.2 Å². The number of nitrogens with one attached hydrogen (secondary N) is 1. The Bertz CT molecular complexity index is 1320. The van der Waals surface area contributed by atoms with Crippen molar-refractivity contribution in [2.24, 2.45) is 0 Å². The molecule has 1 saturated heterocycles. The van der Waals surface area contributed by atoms with E-state index in [0.717, 1.165) is 43.9 Å². The molecular formula is C30H30F6N4O. The summed E-state index contributed by atoms with van der Waals surface area (Å²) >= 11 is 0. The fourth-order valence-electron chi connectivity index (χ4n) is 5.51. The van der Waals surface area contributed by atoms with Gasteiger partial charge in [0.2, 0.25) is 5.91 Å². The van der Waals surface area contributed by atoms with Gasteiger partial charge in [0, 0.05) is 58.0 Å². The summed E-state index contributed by atoms with van der Waals surface area (Å²) < 4.78 is 79.7. The number of carbonyl (C=O) groups is 1. The molecule has 41 heavy (non-hydrogen) atoms. The summed E-state index contributed by atoms with van der Waals surface area (Å²) in [5.74, 6) is -0.463. The van der Waals surface area contributed by atoms with Gasteiger partial charge in [-0.05, 0) is 47.0 Å². The van der Waals surface area contributed by atoms with E-state index in [2.05, 4.69) is 27.2 Å². The lowest BCUT2D eigenvalue weighted by molar-refractivity contribution is -0.143. The highest BCUT2D eigenvalue weighted by atomic mass is 19.4. The highest BCUT2D eigenvalue weighted by molar-refractivity contribution is 5.84. The van der Waals surface area contributed by atoms with Crippen molar-refractivity contribution in [3.8, 4) is 0 Å². The molecule has 1 atom stereocenters. The first-order valence-electron chi connectivity index (χ1n) is 13.4. The van der Waals surface area contributed by atoms with Crippen molar-refractivity contribution in [1.29, 1.82) is 0 Å². The monoisotopic (exact) mass is 576 g/mol. The van der Waals surface area contributed by atoms with Crippen LogP contribution in [0.2, 0.25) is 0 Å². The van der Waals surface area contributed by atoms with Crippen LogP contribution in [0.5, 0.6) is 0 Å². The van der Waals surface area contributed by atoms with E-state index < -0.39 is 42.0 Å². The van der Waals surface area contributed by atoms with Gasteiger partial charge in [-0.15, -0.1) is 0 Å². The second kappa shape index (κ2) is 11.7. The highest BCUT2D eigenvalue weighted by Crippen LogP contribution is 2.37. The molecule has 1 fully saturated rings. The van der Waals surface area contributed by atoms with E-state index in [-0.39, 0.29) is 11.6 Å². The van der Waals surface area contributed by atoms with Gasteiger partial charge < -0.3 is 10.2 Å². The Morgan fingerprint density at radius 1 is 0.780 bits per heavy atom. The number of para-hydroxylation sites is 1. The Morgan fingerprint density at radius 3 is 2.02 bits per heavy atom. The molecule has 2 aliphatic rings. The van der Waals surface area contributed by atoms with Gasteiger partial charge in [0.15, 0.2) is 0 Å². The summed E-state index contributed by atoms with van der Waals surface area (Å²) in [6.07, 6.45) is -9.90. The Balaban J connectivity index is 1.24. The molecule has 0 spiro atoms. The number of benzene rings is 3. The number of anilines is 1. The summed E-state index contributed by atoms with van der Waals surface area (Å²) in [4.78, 5) is 20.1. The number of rotatable bonds is 7.